The number of hydrogen-bond donors (Lipinski definition) is 0. The van der Waals surface area contributed by atoms with E-state index in [1.165, 1.54) is 23.4 Å². The Balaban J connectivity index is 1.68. The molecule has 1 aromatic heterocycles. The summed E-state index contributed by atoms with van der Waals surface area (Å²) in [6, 6.07) is 0. The number of sulfonamides is 1. The predicted octanol–water partition coefficient (Wildman–Crippen LogP) is -0.0201. The Labute approximate surface area is 112 Å². The summed E-state index contributed by atoms with van der Waals surface area (Å²) in [5, 5.41) is 8.15. The lowest BCUT2D eigenvalue weighted by Crippen LogP contribution is -2.38. The van der Waals surface area contributed by atoms with E-state index in [1.54, 1.807) is 4.68 Å². The van der Waals surface area contributed by atoms with Crippen molar-refractivity contribution < 1.29 is 13.2 Å². The summed E-state index contributed by atoms with van der Waals surface area (Å²) in [6.07, 6.45) is 3.73. The lowest BCUT2D eigenvalue weighted by atomic mass is 10.3. The molecule has 3 rings (SSSR count). The van der Waals surface area contributed by atoms with E-state index in [0.29, 0.717) is 32.2 Å². The lowest BCUT2D eigenvalue weighted by Gasteiger charge is -2.25. The predicted molar refractivity (Wildman–Crippen MR) is 67.7 cm³/mol. The van der Waals surface area contributed by atoms with Gasteiger partial charge < -0.3 is 4.74 Å². The van der Waals surface area contributed by atoms with Gasteiger partial charge in [0.25, 0.3) is 0 Å². The van der Waals surface area contributed by atoms with Gasteiger partial charge in [0.2, 0.25) is 10.0 Å². The Bertz CT molecular complexity index is 564. The zero-order valence-electron chi connectivity index (χ0n) is 10.9. The molecule has 0 aromatic carbocycles. The van der Waals surface area contributed by atoms with Gasteiger partial charge in [-0.1, -0.05) is 5.21 Å². The van der Waals surface area contributed by atoms with Crippen LogP contribution in [0.3, 0.4) is 0 Å². The summed E-state index contributed by atoms with van der Waals surface area (Å²) < 4.78 is 32.0. The van der Waals surface area contributed by atoms with Crippen molar-refractivity contribution in [2.75, 3.05) is 19.4 Å². The Kier molecular flexibility index (Phi) is 3.32. The maximum Gasteiger partial charge on any atom is 0.211 e. The van der Waals surface area contributed by atoms with E-state index in [2.05, 4.69) is 10.3 Å². The van der Waals surface area contributed by atoms with E-state index in [-0.39, 0.29) is 0 Å². The number of nitrogens with zero attached hydrogens (tertiary/aromatic N) is 4. The third kappa shape index (κ3) is 2.96. The topological polar surface area (TPSA) is 77.3 Å². The van der Waals surface area contributed by atoms with Crippen molar-refractivity contribution in [2.45, 2.75) is 32.5 Å². The zero-order chi connectivity index (χ0) is 13.5. The second-order valence-corrected chi connectivity index (χ2v) is 7.24. The lowest BCUT2D eigenvalue weighted by molar-refractivity contribution is 0.107. The van der Waals surface area contributed by atoms with Crippen molar-refractivity contribution in [2.24, 2.45) is 5.92 Å². The molecule has 0 saturated heterocycles. The van der Waals surface area contributed by atoms with Gasteiger partial charge in [-0.25, -0.2) is 13.1 Å². The van der Waals surface area contributed by atoms with Crippen molar-refractivity contribution in [3.63, 3.8) is 0 Å². The van der Waals surface area contributed by atoms with Crippen LogP contribution in [0, 0.1) is 5.92 Å². The maximum atomic E-state index is 11.6. The first-order chi connectivity index (χ1) is 9.04. The Morgan fingerprint density at radius 1 is 1.37 bits per heavy atom. The van der Waals surface area contributed by atoms with E-state index in [4.69, 9.17) is 4.74 Å². The molecule has 0 spiro atoms. The van der Waals surface area contributed by atoms with Gasteiger partial charge in [-0.05, 0) is 18.8 Å². The van der Waals surface area contributed by atoms with Gasteiger partial charge in [0, 0.05) is 13.2 Å². The van der Waals surface area contributed by atoms with E-state index >= 15 is 0 Å². The fraction of sp³-hybridized carbons (Fsp3) is 0.818. The van der Waals surface area contributed by atoms with Crippen LogP contribution in [0.25, 0.3) is 0 Å². The van der Waals surface area contributed by atoms with Crippen molar-refractivity contribution in [1.82, 2.24) is 19.3 Å². The highest BCUT2D eigenvalue weighted by Crippen LogP contribution is 2.29. The molecular weight excluding hydrogens is 268 g/mol. The molecule has 0 N–H and O–H groups in total. The number of ether oxygens (including phenoxy) is 1. The Morgan fingerprint density at radius 3 is 2.84 bits per heavy atom. The van der Waals surface area contributed by atoms with E-state index < -0.39 is 10.0 Å². The summed E-state index contributed by atoms with van der Waals surface area (Å²) in [4.78, 5) is 0. The summed E-state index contributed by atoms with van der Waals surface area (Å²) in [5.41, 5.74) is 1.61. The van der Waals surface area contributed by atoms with E-state index in [0.717, 1.165) is 18.0 Å². The summed E-state index contributed by atoms with van der Waals surface area (Å²) >= 11 is 0. The van der Waals surface area contributed by atoms with Crippen LogP contribution in [-0.4, -0.2) is 47.1 Å². The van der Waals surface area contributed by atoms with Gasteiger partial charge in [-0.3, -0.25) is 0 Å². The minimum Gasteiger partial charge on any atom is -0.375 e. The van der Waals surface area contributed by atoms with Gasteiger partial charge in [0.05, 0.1) is 31.6 Å². The molecule has 0 atom stereocenters. The van der Waals surface area contributed by atoms with Gasteiger partial charge in [0.15, 0.2) is 0 Å². The van der Waals surface area contributed by atoms with Crippen LogP contribution in [0.1, 0.15) is 24.2 Å². The SMILES string of the molecule is CS(=O)(=O)N1CCn2nnc(COCC3CC3)c2C1. The fourth-order valence-electron chi connectivity index (χ4n) is 2.18. The van der Waals surface area contributed by atoms with E-state index in [9.17, 15) is 8.42 Å². The van der Waals surface area contributed by atoms with Gasteiger partial charge in [0.1, 0.15) is 5.69 Å². The number of rotatable bonds is 5. The first-order valence-electron chi connectivity index (χ1n) is 6.48. The van der Waals surface area contributed by atoms with Gasteiger partial charge >= 0.3 is 0 Å². The molecule has 1 aliphatic heterocycles. The molecule has 1 aliphatic carbocycles. The average Bonchev–Trinajstić information content (AvgIpc) is 3.08. The smallest absolute Gasteiger partial charge is 0.211 e. The Hall–Kier alpha value is -0.990. The molecule has 2 aliphatic rings. The minimum atomic E-state index is -3.16. The standard InChI is InChI=1S/C11H18N4O3S/c1-19(16,17)14-4-5-15-11(6-14)10(12-13-15)8-18-7-9-2-3-9/h9H,2-8H2,1H3. The van der Waals surface area contributed by atoms with Crippen molar-refractivity contribution in [1.29, 1.82) is 0 Å². The fourth-order valence-corrected chi connectivity index (χ4v) is 2.95. The average molecular weight is 286 g/mol. The third-order valence-electron chi connectivity index (χ3n) is 3.56. The third-order valence-corrected chi connectivity index (χ3v) is 4.81. The van der Waals surface area contributed by atoms with Crippen molar-refractivity contribution in [3.05, 3.63) is 11.4 Å². The molecule has 1 fully saturated rings. The molecular formula is C11H18N4O3S. The molecule has 8 heteroatoms. The van der Waals surface area contributed by atoms with Gasteiger partial charge in [-0.15, -0.1) is 5.10 Å². The Morgan fingerprint density at radius 2 is 2.16 bits per heavy atom. The molecule has 7 nitrogen and oxygen atoms in total. The highest BCUT2D eigenvalue weighted by atomic mass is 32.2. The van der Waals surface area contributed by atoms with Crippen LogP contribution >= 0.6 is 0 Å². The molecule has 0 amide bonds. The second kappa shape index (κ2) is 4.84. The van der Waals surface area contributed by atoms with Crippen LogP contribution < -0.4 is 0 Å². The molecule has 0 unspecified atom stereocenters. The normalized spacial score (nSPS) is 20.5. The summed E-state index contributed by atoms with van der Waals surface area (Å²) in [5.74, 6) is 0.707. The summed E-state index contributed by atoms with van der Waals surface area (Å²) in [6.45, 7) is 2.54. The quantitative estimate of drug-likeness (QED) is 0.760. The molecule has 106 valence electrons. The minimum absolute atomic E-state index is 0.341. The first-order valence-corrected chi connectivity index (χ1v) is 8.33. The highest BCUT2D eigenvalue weighted by molar-refractivity contribution is 7.88. The van der Waals surface area contributed by atoms with Crippen molar-refractivity contribution in [3.8, 4) is 0 Å². The molecule has 0 bridgehead atoms. The summed E-state index contributed by atoms with van der Waals surface area (Å²) in [7, 11) is -3.16. The number of aromatic nitrogens is 3. The van der Waals surface area contributed by atoms with Gasteiger partial charge in [-0.2, -0.15) is 4.31 Å². The molecule has 1 saturated carbocycles. The number of hydrogen-bond acceptors (Lipinski definition) is 5. The maximum absolute atomic E-state index is 11.6. The monoisotopic (exact) mass is 286 g/mol. The molecule has 1 aromatic rings. The van der Waals surface area contributed by atoms with Crippen LogP contribution in [0.15, 0.2) is 0 Å². The van der Waals surface area contributed by atoms with Crippen molar-refractivity contribution >= 4 is 10.0 Å². The molecule has 2 heterocycles. The second-order valence-electron chi connectivity index (χ2n) is 5.26. The van der Waals surface area contributed by atoms with E-state index in [1.807, 2.05) is 0 Å². The van der Waals surface area contributed by atoms with Crippen LogP contribution in [0.4, 0.5) is 0 Å². The van der Waals surface area contributed by atoms with Crippen LogP contribution in [0.2, 0.25) is 0 Å². The number of fused-ring (bicyclic) bond motifs is 1. The largest absolute Gasteiger partial charge is 0.375 e. The molecule has 19 heavy (non-hydrogen) atoms. The highest BCUT2D eigenvalue weighted by Gasteiger charge is 2.27. The van der Waals surface area contributed by atoms with Crippen LogP contribution in [-0.2, 0) is 34.5 Å². The first kappa shape index (κ1) is 13.0. The zero-order valence-corrected chi connectivity index (χ0v) is 11.8. The molecule has 0 radical (unpaired) electrons. The van der Waals surface area contributed by atoms with Crippen LogP contribution in [0.5, 0.6) is 0 Å².